The maximum absolute atomic E-state index is 12.2. The van der Waals surface area contributed by atoms with E-state index in [4.69, 9.17) is 34.8 Å². The van der Waals surface area contributed by atoms with Crippen LogP contribution in [0.15, 0.2) is 24.3 Å². The molecule has 3 nitrogen and oxygen atoms in total. The minimum absolute atomic E-state index is 0.107. The van der Waals surface area contributed by atoms with Gasteiger partial charge in [0.2, 0.25) is 9.70 Å². The van der Waals surface area contributed by atoms with Crippen LogP contribution in [-0.4, -0.2) is 15.9 Å². The van der Waals surface area contributed by atoms with E-state index in [2.05, 4.69) is 17.6 Å². The van der Waals surface area contributed by atoms with Gasteiger partial charge in [0.15, 0.2) is 0 Å². The van der Waals surface area contributed by atoms with Gasteiger partial charge < -0.3 is 10.6 Å². The second kappa shape index (κ2) is 11.9. The fourth-order valence-electron chi connectivity index (χ4n) is 2.49. The quantitative estimate of drug-likeness (QED) is 0.254. The molecule has 0 spiro atoms. The third-order valence-electron chi connectivity index (χ3n) is 4.00. The van der Waals surface area contributed by atoms with Crippen LogP contribution in [0.2, 0.25) is 0 Å². The van der Waals surface area contributed by atoms with Gasteiger partial charge in [0, 0.05) is 12.1 Å². The van der Waals surface area contributed by atoms with E-state index in [1.54, 1.807) is 0 Å². The Labute approximate surface area is 166 Å². The highest BCUT2D eigenvalue weighted by Crippen LogP contribution is 2.31. The Morgan fingerprint density at radius 3 is 2.12 bits per heavy atom. The molecule has 0 saturated carbocycles. The number of rotatable bonds is 11. The number of amides is 1. The zero-order valence-corrected chi connectivity index (χ0v) is 17.4. The fourth-order valence-corrected chi connectivity index (χ4v) is 2.82. The van der Waals surface area contributed by atoms with E-state index in [0.717, 1.165) is 24.1 Å². The van der Waals surface area contributed by atoms with Crippen LogP contribution in [0.1, 0.15) is 63.9 Å². The van der Waals surface area contributed by atoms with E-state index >= 15 is 0 Å². The molecule has 0 aromatic heterocycles. The molecule has 0 fully saturated rings. The van der Waals surface area contributed by atoms with Crippen LogP contribution in [0.4, 0.5) is 5.69 Å². The van der Waals surface area contributed by atoms with E-state index in [9.17, 15) is 4.79 Å². The summed E-state index contributed by atoms with van der Waals surface area (Å²) in [6, 6.07) is 7.69. The number of benzene rings is 1. The predicted molar refractivity (Wildman–Crippen MR) is 110 cm³/mol. The van der Waals surface area contributed by atoms with Crippen molar-refractivity contribution in [2.75, 3.05) is 5.32 Å². The number of hydrogen-bond donors (Lipinski definition) is 2. The molecule has 0 heterocycles. The third kappa shape index (κ3) is 10.2. The van der Waals surface area contributed by atoms with Crippen molar-refractivity contribution in [2.45, 2.75) is 75.2 Å². The van der Waals surface area contributed by atoms with E-state index < -0.39 is 9.96 Å². The molecule has 0 radical (unpaired) electrons. The van der Waals surface area contributed by atoms with Gasteiger partial charge in [-0.3, -0.25) is 4.79 Å². The summed E-state index contributed by atoms with van der Waals surface area (Å²) in [4.78, 5) is 12.2. The summed E-state index contributed by atoms with van der Waals surface area (Å²) >= 11 is 18.0. The summed E-state index contributed by atoms with van der Waals surface area (Å²) in [6.07, 6.45) is 7.79. The minimum atomic E-state index is -1.64. The number of aryl methyl sites for hydroxylation is 1. The Balaban J connectivity index is 2.39. The highest BCUT2D eigenvalue weighted by molar-refractivity contribution is 6.68. The second-order valence-corrected chi connectivity index (χ2v) is 8.79. The standard InChI is InChI=1S/C19H29Cl3N2O/c1-3-4-5-6-7-8-9-10-17(25)24-18(19(20,21)22)23-16-13-11-15(2)12-14-16/h11-14,18,23H,3-10H2,1-2H3,(H,24,25)/t18-/m1/s1. The van der Waals surface area contributed by atoms with E-state index in [-0.39, 0.29) is 5.91 Å². The van der Waals surface area contributed by atoms with Crippen LogP contribution in [0, 0.1) is 6.92 Å². The van der Waals surface area contributed by atoms with Gasteiger partial charge in [-0.25, -0.2) is 0 Å². The molecule has 25 heavy (non-hydrogen) atoms. The van der Waals surface area contributed by atoms with Crippen LogP contribution in [-0.2, 0) is 4.79 Å². The van der Waals surface area contributed by atoms with Gasteiger partial charge in [-0.15, -0.1) is 0 Å². The van der Waals surface area contributed by atoms with E-state index in [1.165, 1.54) is 32.1 Å². The molecular weight excluding hydrogens is 379 g/mol. The van der Waals surface area contributed by atoms with Crippen molar-refractivity contribution < 1.29 is 4.79 Å². The molecule has 1 aromatic rings. The van der Waals surface area contributed by atoms with Gasteiger partial charge in [0.1, 0.15) is 6.17 Å². The molecule has 0 aliphatic carbocycles. The Hall–Kier alpha value is -0.640. The Morgan fingerprint density at radius 2 is 1.56 bits per heavy atom. The molecule has 2 N–H and O–H groups in total. The number of carbonyl (C=O) groups is 1. The summed E-state index contributed by atoms with van der Waals surface area (Å²) in [5, 5.41) is 5.86. The zero-order chi connectivity index (χ0) is 18.7. The smallest absolute Gasteiger partial charge is 0.228 e. The van der Waals surface area contributed by atoms with Crippen molar-refractivity contribution in [3.8, 4) is 0 Å². The predicted octanol–water partition coefficient (Wildman–Crippen LogP) is 6.36. The number of alkyl halides is 3. The third-order valence-corrected chi connectivity index (χ3v) is 4.66. The first-order valence-electron chi connectivity index (χ1n) is 9.02. The monoisotopic (exact) mass is 406 g/mol. The maximum atomic E-state index is 12.2. The number of halogens is 3. The maximum Gasteiger partial charge on any atom is 0.228 e. The molecule has 0 unspecified atom stereocenters. The van der Waals surface area contributed by atoms with Gasteiger partial charge >= 0.3 is 0 Å². The van der Waals surface area contributed by atoms with Crippen molar-refractivity contribution in [3.63, 3.8) is 0 Å². The molecule has 1 atom stereocenters. The van der Waals surface area contributed by atoms with Crippen molar-refractivity contribution in [2.24, 2.45) is 0 Å². The first-order valence-corrected chi connectivity index (χ1v) is 10.2. The average Bonchev–Trinajstić information content (AvgIpc) is 2.54. The lowest BCUT2D eigenvalue weighted by Crippen LogP contribution is -2.49. The Bertz CT molecular complexity index is 500. The molecule has 0 aliphatic heterocycles. The molecular formula is C19H29Cl3N2O. The highest BCUT2D eigenvalue weighted by Gasteiger charge is 2.33. The second-order valence-electron chi connectivity index (χ2n) is 6.42. The Kier molecular flexibility index (Phi) is 10.6. The molecule has 0 bridgehead atoms. The molecule has 0 aliphatic rings. The lowest BCUT2D eigenvalue weighted by Gasteiger charge is -2.27. The lowest BCUT2D eigenvalue weighted by molar-refractivity contribution is -0.121. The summed E-state index contributed by atoms with van der Waals surface area (Å²) in [5.74, 6) is -0.107. The first-order chi connectivity index (χ1) is 11.8. The molecule has 0 saturated heterocycles. The summed E-state index contributed by atoms with van der Waals surface area (Å²) in [5.41, 5.74) is 1.93. The number of nitrogens with one attached hydrogen (secondary N) is 2. The van der Waals surface area contributed by atoms with Gasteiger partial charge in [-0.05, 0) is 25.5 Å². The normalized spacial score (nSPS) is 12.7. The summed E-state index contributed by atoms with van der Waals surface area (Å²) in [7, 11) is 0. The molecule has 6 heteroatoms. The van der Waals surface area contributed by atoms with Crippen molar-refractivity contribution in [3.05, 3.63) is 29.8 Å². The molecule has 1 amide bonds. The van der Waals surface area contributed by atoms with E-state index in [1.807, 2.05) is 31.2 Å². The number of unbranched alkanes of at least 4 members (excludes halogenated alkanes) is 6. The van der Waals surface area contributed by atoms with Crippen molar-refractivity contribution in [1.82, 2.24) is 5.32 Å². The van der Waals surface area contributed by atoms with Crippen molar-refractivity contribution >= 4 is 46.4 Å². The Morgan fingerprint density at radius 1 is 1.00 bits per heavy atom. The van der Waals surface area contributed by atoms with Crippen molar-refractivity contribution in [1.29, 1.82) is 0 Å². The van der Waals surface area contributed by atoms with Crippen LogP contribution >= 0.6 is 34.8 Å². The topological polar surface area (TPSA) is 41.1 Å². The number of hydrogen-bond acceptors (Lipinski definition) is 2. The summed E-state index contributed by atoms with van der Waals surface area (Å²) < 4.78 is -1.64. The minimum Gasteiger partial charge on any atom is -0.362 e. The largest absolute Gasteiger partial charge is 0.362 e. The van der Waals surface area contributed by atoms with E-state index in [0.29, 0.717) is 6.42 Å². The van der Waals surface area contributed by atoms with Crippen LogP contribution in [0.25, 0.3) is 0 Å². The fraction of sp³-hybridized carbons (Fsp3) is 0.632. The van der Waals surface area contributed by atoms with Gasteiger partial charge in [-0.1, -0.05) is 97.9 Å². The lowest BCUT2D eigenvalue weighted by atomic mass is 10.1. The molecule has 1 aromatic carbocycles. The number of anilines is 1. The molecule has 142 valence electrons. The SMILES string of the molecule is CCCCCCCCCC(=O)N[C@@H](Nc1ccc(C)cc1)C(Cl)(Cl)Cl. The van der Waals surface area contributed by atoms with Crippen LogP contribution in [0.5, 0.6) is 0 Å². The molecule has 1 rings (SSSR count). The number of carbonyl (C=O) groups excluding carboxylic acids is 1. The van der Waals surface area contributed by atoms with Crippen LogP contribution in [0.3, 0.4) is 0 Å². The van der Waals surface area contributed by atoms with Gasteiger partial charge in [0.05, 0.1) is 0 Å². The highest BCUT2D eigenvalue weighted by atomic mass is 35.6. The summed E-state index contributed by atoms with van der Waals surface area (Å²) in [6.45, 7) is 4.20. The average molecular weight is 408 g/mol. The first kappa shape index (κ1) is 22.4. The van der Waals surface area contributed by atoms with Crippen LogP contribution < -0.4 is 10.6 Å². The van der Waals surface area contributed by atoms with Gasteiger partial charge in [0.25, 0.3) is 0 Å². The van der Waals surface area contributed by atoms with Gasteiger partial charge in [-0.2, -0.15) is 0 Å². The zero-order valence-electron chi connectivity index (χ0n) is 15.1.